The van der Waals surface area contributed by atoms with Crippen LogP contribution in [0.15, 0.2) is 69.2 Å². The van der Waals surface area contributed by atoms with Crippen molar-refractivity contribution < 1.29 is 18.0 Å². The number of nitrogens with one attached hydrogen (secondary N) is 2. The number of sulfonamides is 1. The first-order valence-electron chi connectivity index (χ1n) is 21.0. The van der Waals surface area contributed by atoms with Gasteiger partial charge in [0, 0.05) is 62.5 Å². The van der Waals surface area contributed by atoms with Gasteiger partial charge in [0.05, 0.1) is 15.9 Å². The van der Waals surface area contributed by atoms with Crippen LogP contribution in [0.1, 0.15) is 93.3 Å². The molecule has 2 N–H and O–H groups in total. The first-order valence-corrected chi connectivity index (χ1v) is 22.4. The smallest absolute Gasteiger partial charge is 0.324 e. The number of likely N-dealkylation sites (tertiary alicyclic amines) is 1. The molecule has 3 aliphatic heterocycles. The van der Waals surface area contributed by atoms with Crippen molar-refractivity contribution in [3.63, 3.8) is 0 Å². The zero-order chi connectivity index (χ0) is 41.0. The van der Waals surface area contributed by atoms with Gasteiger partial charge in [0.15, 0.2) is 0 Å². The lowest BCUT2D eigenvalue weighted by Gasteiger charge is -2.37. The summed E-state index contributed by atoms with van der Waals surface area (Å²) >= 11 is 0. The van der Waals surface area contributed by atoms with Crippen LogP contribution in [-0.4, -0.2) is 85.8 Å². The number of imide groups is 1. The first-order chi connectivity index (χ1) is 28.4. The van der Waals surface area contributed by atoms with Crippen molar-refractivity contribution in [1.82, 2.24) is 38.2 Å². The Morgan fingerprint density at radius 3 is 2.32 bits per heavy atom. The second kappa shape index (κ2) is 15.8. The molecule has 1 unspecified atom stereocenters. The fourth-order valence-corrected chi connectivity index (χ4v) is 11.4. The number of nitrogens with zero attached hydrogens (tertiary/aromatic N) is 7. The number of rotatable bonds is 9. The fourth-order valence-electron chi connectivity index (χ4n) is 9.83. The zero-order valence-corrected chi connectivity index (χ0v) is 34.4. The van der Waals surface area contributed by atoms with Crippen molar-refractivity contribution in [2.75, 3.05) is 38.0 Å². The van der Waals surface area contributed by atoms with Gasteiger partial charge in [-0.1, -0.05) is 18.9 Å². The van der Waals surface area contributed by atoms with Crippen LogP contribution in [-0.2, 0) is 26.7 Å². The number of benzene rings is 2. The highest BCUT2D eigenvalue weighted by molar-refractivity contribution is 7.89. The molecule has 16 heteroatoms. The summed E-state index contributed by atoms with van der Waals surface area (Å²) in [5, 5.41) is 6.43. The molecule has 2 amide bonds. The molecule has 59 heavy (non-hydrogen) atoms. The third-order valence-corrected chi connectivity index (χ3v) is 15.1. The van der Waals surface area contributed by atoms with Crippen LogP contribution in [0.4, 0.5) is 11.6 Å². The maximum Gasteiger partial charge on any atom is 0.329 e. The number of aromatic nitrogens is 5. The number of hydrogen-bond acceptors (Lipinski definition) is 10. The van der Waals surface area contributed by atoms with E-state index in [9.17, 15) is 27.6 Å². The molecule has 310 valence electrons. The lowest BCUT2D eigenvalue weighted by molar-refractivity contribution is -0.135. The van der Waals surface area contributed by atoms with E-state index in [1.807, 2.05) is 13.0 Å². The van der Waals surface area contributed by atoms with E-state index in [4.69, 9.17) is 4.98 Å². The van der Waals surface area contributed by atoms with Crippen molar-refractivity contribution in [3.05, 3.63) is 86.7 Å². The maximum atomic E-state index is 13.8. The van der Waals surface area contributed by atoms with Crippen LogP contribution < -0.4 is 21.9 Å². The molecule has 3 aromatic heterocycles. The molecular weight excluding hydrogens is 771 g/mol. The Balaban J connectivity index is 0.792. The van der Waals surface area contributed by atoms with Gasteiger partial charge in [-0.25, -0.2) is 18.2 Å². The third kappa shape index (κ3) is 7.50. The monoisotopic (exact) mass is 821 g/mol. The Morgan fingerprint density at radius 2 is 1.59 bits per heavy atom. The molecule has 1 saturated carbocycles. The minimum atomic E-state index is -3.68. The van der Waals surface area contributed by atoms with Crippen molar-refractivity contribution in [3.8, 4) is 0 Å². The summed E-state index contributed by atoms with van der Waals surface area (Å²) in [5.41, 5.74) is 4.40. The molecule has 0 radical (unpaired) electrons. The quantitative estimate of drug-likeness (QED) is 0.196. The minimum absolute atomic E-state index is 0.0607. The first kappa shape index (κ1) is 39.3. The van der Waals surface area contributed by atoms with Gasteiger partial charge in [0.2, 0.25) is 27.8 Å². The fraction of sp³-hybridized carbons (Fsp3) is 0.488. The van der Waals surface area contributed by atoms with Crippen LogP contribution in [0.2, 0.25) is 0 Å². The van der Waals surface area contributed by atoms with Gasteiger partial charge in [0.25, 0.3) is 5.56 Å². The van der Waals surface area contributed by atoms with Crippen LogP contribution in [0.25, 0.3) is 22.1 Å². The highest BCUT2D eigenvalue weighted by Gasteiger charge is 2.33. The van der Waals surface area contributed by atoms with Crippen molar-refractivity contribution in [2.24, 2.45) is 13.0 Å². The number of hydrogen-bond donors (Lipinski definition) is 2. The van der Waals surface area contributed by atoms with E-state index in [1.54, 1.807) is 57.0 Å². The normalized spacial score (nSPS) is 20.8. The summed E-state index contributed by atoms with van der Waals surface area (Å²) in [6.07, 6.45) is 9.91. The van der Waals surface area contributed by atoms with Gasteiger partial charge in [0.1, 0.15) is 11.7 Å². The van der Waals surface area contributed by atoms with Crippen LogP contribution >= 0.6 is 0 Å². The predicted molar refractivity (Wildman–Crippen MR) is 224 cm³/mol. The number of anilines is 2. The van der Waals surface area contributed by atoms with Crippen molar-refractivity contribution >= 4 is 55.5 Å². The molecule has 2 aromatic carbocycles. The average molecular weight is 822 g/mol. The van der Waals surface area contributed by atoms with Crippen LogP contribution in [0, 0.1) is 12.8 Å². The molecule has 4 aliphatic rings. The Bertz CT molecular complexity index is 2680. The van der Waals surface area contributed by atoms with Crippen molar-refractivity contribution in [2.45, 2.75) is 94.0 Å². The lowest BCUT2D eigenvalue weighted by Crippen LogP contribution is -2.44. The molecule has 9 rings (SSSR count). The number of piperidine rings is 3. The lowest BCUT2D eigenvalue weighted by atomic mass is 9.88. The van der Waals surface area contributed by atoms with Gasteiger partial charge in [-0.3, -0.25) is 33.4 Å². The average Bonchev–Trinajstić information content (AvgIpc) is 3.85. The molecule has 6 heterocycles. The summed E-state index contributed by atoms with van der Waals surface area (Å²) in [6.45, 7) is 5.66. The minimum Gasteiger partial charge on any atom is -0.324 e. The summed E-state index contributed by atoms with van der Waals surface area (Å²) in [6, 6.07) is 14.0. The van der Waals surface area contributed by atoms with Gasteiger partial charge in [-0.05, 0) is 124 Å². The van der Waals surface area contributed by atoms with E-state index in [-0.39, 0.29) is 34.5 Å². The summed E-state index contributed by atoms with van der Waals surface area (Å²) in [7, 11) is -1.95. The molecule has 4 fully saturated rings. The van der Waals surface area contributed by atoms with E-state index in [0.29, 0.717) is 54.1 Å². The van der Waals surface area contributed by atoms with E-state index in [1.165, 1.54) is 10.1 Å². The summed E-state index contributed by atoms with van der Waals surface area (Å²) in [4.78, 5) is 62.4. The number of imidazole rings is 1. The molecule has 5 aromatic rings. The molecule has 3 saturated heterocycles. The largest absolute Gasteiger partial charge is 0.329 e. The highest BCUT2D eigenvalue weighted by Crippen LogP contribution is 2.34. The summed E-state index contributed by atoms with van der Waals surface area (Å²) < 4.78 is 34.2. The Labute approximate surface area is 342 Å². The van der Waals surface area contributed by atoms with E-state index in [2.05, 4.69) is 32.7 Å². The van der Waals surface area contributed by atoms with Gasteiger partial charge in [-0.2, -0.15) is 9.29 Å². The molecule has 0 spiro atoms. The van der Waals surface area contributed by atoms with Crippen molar-refractivity contribution in [1.29, 1.82) is 0 Å². The predicted octanol–water partition coefficient (Wildman–Crippen LogP) is 4.87. The molecule has 0 bridgehead atoms. The van der Waals surface area contributed by atoms with Crippen LogP contribution in [0.3, 0.4) is 0 Å². The highest BCUT2D eigenvalue weighted by atomic mass is 32.2. The number of carbonyl (C=O) groups excluding carboxylic acids is 2. The summed E-state index contributed by atoms with van der Waals surface area (Å²) in [5.74, 6) is 0.376. The molecule has 1 atom stereocenters. The Morgan fingerprint density at radius 1 is 0.831 bits per heavy atom. The van der Waals surface area contributed by atoms with Crippen LogP contribution in [0.5, 0.6) is 0 Å². The van der Waals surface area contributed by atoms with E-state index < -0.39 is 22.0 Å². The van der Waals surface area contributed by atoms with Gasteiger partial charge in [-0.15, -0.1) is 0 Å². The molecule has 15 nitrogen and oxygen atoms in total. The van der Waals surface area contributed by atoms with E-state index in [0.717, 1.165) is 87.5 Å². The number of carbonyl (C=O) groups is 2. The standard InChI is InChI=1S/C43H51N9O6S/c1-27-23-33(9-10-34(27)45-42-44-25-31-8-14-39(54)51(40(31)47-42)32-5-3-4-6-32)59(57,58)50-21-15-28(16-22-50)26-49-19-17-29(18-20-49)30-7-11-35-37(24-30)48(2)43(56)52(35)36-12-13-38(53)46-41(36)55/h7-11,14,23-25,28-29,32,36H,3-6,12-13,15-22,26H2,1-2H3,(H,44,45,47)(H,46,53,55). The van der Waals surface area contributed by atoms with Gasteiger partial charge >= 0.3 is 5.69 Å². The Hall–Kier alpha value is -5.19. The second-order valence-corrected chi connectivity index (χ2v) is 18.8. The molecular formula is C43H51N9O6S. The number of fused-ring (bicyclic) bond motifs is 2. The topological polar surface area (TPSA) is 174 Å². The van der Waals surface area contributed by atoms with E-state index >= 15 is 0 Å². The molecule has 1 aliphatic carbocycles. The SMILES string of the molecule is Cc1cc(S(=O)(=O)N2CCC(CN3CCC(c4ccc5c(c4)n(C)c(=O)n5C4CCC(=O)NC4=O)CC3)CC2)ccc1Nc1ncc2ccc(=O)n(C3CCCC3)c2n1. The van der Waals surface area contributed by atoms with Gasteiger partial charge < -0.3 is 10.2 Å². The Kier molecular flexibility index (Phi) is 10.5. The third-order valence-electron chi connectivity index (χ3n) is 13.2. The second-order valence-electron chi connectivity index (χ2n) is 16.9. The maximum absolute atomic E-state index is 13.8. The number of aryl methyl sites for hydroxylation is 2. The number of amides is 2. The zero-order valence-electron chi connectivity index (χ0n) is 33.6. The number of pyridine rings is 1.